The number of rotatable bonds is 7. The van der Waals surface area contributed by atoms with Crippen molar-refractivity contribution < 1.29 is 17.7 Å². The van der Waals surface area contributed by atoms with E-state index in [4.69, 9.17) is 4.52 Å². The zero-order valence-electron chi connectivity index (χ0n) is 14.9. The van der Waals surface area contributed by atoms with Gasteiger partial charge in [-0.2, -0.15) is 4.98 Å². The van der Waals surface area contributed by atoms with Crippen LogP contribution in [0.2, 0.25) is 0 Å². The number of nitrogens with zero attached hydrogens (tertiary/aromatic N) is 2. The van der Waals surface area contributed by atoms with Crippen molar-refractivity contribution in [2.75, 3.05) is 23.3 Å². The summed E-state index contributed by atoms with van der Waals surface area (Å²) in [7, 11) is -1.67. The lowest BCUT2D eigenvalue weighted by Crippen LogP contribution is -2.24. The Morgan fingerprint density at radius 1 is 1.35 bits per heavy atom. The lowest BCUT2D eigenvalue weighted by Gasteiger charge is -2.10. The number of carbonyl (C=O) groups is 1. The molecule has 1 unspecified atom stereocenters. The van der Waals surface area contributed by atoms with E-state index >= 15 is 0 Å². The van der Waals surface area contributed by atoms with Crippen LogP contribution in [0.15, 0.2) is 22.7 Å². The van der Waals surface area contributed by atoms with Crippen molar-refractivity contribution in [1.29, 1.82) is 0 Å². The maximum Gasteiger partial charge on any atom is 0.260 e. The number of anilines is 2. The van der Waals surface area contributed by atoms with E-state index in [1.807, 2.05) is 14.0 Å². The molecular formula is C15H22ClN5O4S. The van der Waals surface area contributed by atoms with Gasteiger partial charge < -0.3 is 15.2 Å². The molecule has 1 aromatic carbocycles. The third-order valence-corrected chi connectivity index (χ3v) is 3.91. The summed E-state index contributed by atoms with van der Waals surface area (Å²) in [4.78, 5) is 15.6. The van der Waals surface area contributed by atoms with Gasteiger partial charge in [0.2, 0.25) is 15.9 Å². The molecule has 144 valence electrons. The second-order valence-corrected chi connectivity index (χ2v) is 7.47. The quantitative estimate of drug-likeness (QED) is 0.641. The number of aromatic nitrogens is 2. The average Bonchev–Trinajstić information content (AvgIpc) is 2.95. The van der Waals surface area contributed by atoms with Crippen LogP contribution in [0.4, 0.5) is 11.4 Å². The Morgan fingerprint density at radius 3 is 2.62 bits per heavy atom. The smallest absolute Gasteiger partial charge is 0.260 e. The van der Waals surface area contributed by atoms with Gasteiger partial charge in [-0.05, 0) is 32.2 Å². The Hall–Kier alpha value is -2.17. The van der Waals surface area contributed by atoms with Gasteiger partial charge in [0.05, 0.1) is 17.5 Å². The molecule has 1 aromatic heterocycles. The van der Waals surface area contributed by atoms with Crippen molar-refractivity contribution in [3.8, 4) is 11.5 Å². The first-order chi connectivity index (χ1) is 11.7. The molecule has 0 aliphatic heterocycles. The highest BCUT2D eigenvalue weighted by Gasteiger charge is 2.17. The normalized spacial score (nSPS) is 12.2. The van der Waals surface area contributed by atoms with E-state index < -0.39 is 10.0 Å². The van der Waals surface area contributed by atoms with Crippen LogP contribution in [-0.4, -0.2) is 43.8 Å². The Balaban J connectivity index is 0.00000338. The zero-order chi connectivity index (χ0) is 18.6. The number of benzene rings is 1. The standard InChI is InChI=1S/C15H21N5O4S.ClH/c1-9(16-3)7-14-18-15(24-19-14)12-8-11(17-10(2)21)5-6-13(12)20-25(4,22)23;/h5-6,8-9,16,20H,7H2,1-4H3,(H,17,21);1H. The van der Waals surface area contributed by atoms with Gasteiger partial charge in [0, 0.05) is 25.1 Å². The van der Waals surface area contributed by atoms with E-state index in [0.29, 0.717) is 23.5 Å². The first kappa shape index (κ1) is 21.9. The minimum absolute atomic E-state index is 0. The molecule has 0 saturated heterocycles. The summed E-state index contributed by atoms with van der Waals surface area (Å²) < 4.78 is 30.8. The number of hydrogen-bond acceptors (Lipinski definition) is 7. The van der Waals surface area contributed by atoms with Crippen LogP contribution in [0, 0.1) is 0 Å². The number of amides is 1. The lowest BCUT2D eigenvalue weighted by molar-refractivity contribution is -0.114. The van der Waals surface area contributed by atoms with Crippen molar-refractivity contribution in [3.05, 3.63) is 24.0 Å². The maximum absolute atomic E-state index is 11.6. The molecule has 0 spiro atoms. The molecule has 0 radical (unpaired) electrons. The van der Waals surface area contributed by atoms with E-state index in [2.05, 4.69) is 25.5 Å². The second-order valence-electron chi connectivity index (χ2n) is 5.73. The van der Waals surface area contributed by atoms with Gasteiger partial charge in [-0.3, -0.25) is 9.52 Å². The number of sulfonamides is 1. The molecule has 0 aliphatic rings. The first-order valence-corrected chi connectivity index (χ1v) is 9.46. The van der Waals surface area contributed by atoms with Crippen LogP contribution < -0.4 is 15.4 Å². The number of halogens is 1. The highest BCUT2D eigenvalue weighted by molar-refractivity contribution is 7.92. The predicted molar refractivity (Wildman–Crippen MR) is 102 cm³/mol. The van der Waals surface area contributed by atoms with Gasteiger partial charge >= 0.3 is 0 Å². The maximum atomic E-state index is 11.6. The molecule has 2 aromatic rings. The van der Waals surface area contributed by atoms with Crippen LogP contribution in [0.25, 0.3) is 11.5 Å². The van der Waals surface area contributed by atoms with Crippen molar-refractivity contribution >= 4 is 39.7 Å². The molecule has 26 heavy (non-hydrogen) atoms. The Bertz CT molecular complexity index is 869. The summed E-state index contributed by atoms with van der Waals surface area (Å²) in [5, 5.41) is 9.63. The fourth-order valence-electron chi connectivity index (χ4n) is 2.11. The summed E-state index contributed by atoms with van der Waals surface area (Å²) in [6.07, 6.45) is 1.60. The molecule has 3 N–H and O–H groups in total. The van der Waals surface area contributed by atoms with Crippen LogP contribution in [-0.2, 0) is 21.2 Å². The molecule has 11 heteroatoms. The van der Waals surface area contributed by atoms with Crippen LogP contribution in [0.5, 0.6) is 0 Å². The van der Waals surface area contributed by atoms with E-state index in [0.717, 1.165) is 6.26 Å². The Labute approximate surface area is 158 Å². The highest BCUT2D eigenvalue weighted by Crippen LogP contribution is 2.30. The van der Waals surface area contributed by atoms with Crippen molar-refractivity contribution in [2.24, 2.45) is 0 Å². The largest absolute Gasteiger partial charge is 0.334 e. The van der Waals surface area contributed by atoms with Gasteiger partial charge in [-0.25, -0.2) is 8.42 Å². The van der Waals surface area contributed by atoms with Gasteiger partial charge in [0.15, 0.2) is 5.82 Å². The molecular weight excluding hydrogens is 382 g/mol. The molecule has 0 saturated carbocycles. The Morgan fingerprint density at radius 2 is 2.04 bits per heavy atom. The fraction of sp³-hybridized carbons (Fsp3) is 0.400. The summed E-state index contributed by atoms with van der Waals surface area (Å²) in [5.74, 6) is 0.410. The molecule has 1 amide bonds. The molecule has 1 atom stereocenters. The SMILES string of the molecule is CNC(C)Cc1noc(-c2cc(NC(C)=O)ccc2NS(C)(=O)=O)n1.Cl. The predicted octanol–water partition coefficient (Wildman–Crippen LogP) is 1.64. The first-order valence-electron chi connectivity index (χ1n) is 7.57. The third-order valence-electron chi connectivity index (χ3n) is 3.32. The number of carbonyl (C=O) groups excluding carboxylic acids is 1. The van der Waals surface area contributed by atoms with Crippen molar-refractivity contribution in [2.45, 2.75) is 26.3 Å². The van der Waals surface area contributed by atoms with Gasteiger partial charge in [-0.1, -0.05) is 5.16 Å². The van der Waals surface area contributed by atoms with Crippen LogP contribution >= 0.6 is 12.4 Å². The van der Waals surface area contributed by atoms with Gasteiger partial charge in [0.25, 0.3) is 5.89 Å². The highest BCUT2D eigenvalue weighted by atomic mass is 35.5. The van der Waals surface area contributed by atoms with E-state index in [1.165, 1.54) is 13.0 Å². The van der Waals surface area contributed by atoms with E-state index in [1.54, 1.807) is 12.1 Å². The van der Waals surface area contributed by atoms with Crippen molar-refractivity contribution in [1.82, 2.24) is 15.5 Å². The van der Waals surface area contributed by atoms with Crippen LogP contribution in [0.3, 0.4) is 0 Å². The van der Waals surface area contributed by atoms with Crippen LogP contribution in [0.1, 0.15) is 19.7 Å². The van der Waals surface area contributed by atoms with E-state index in [9.17, 15) is 13.2 Å². The molecule has 0 fully saturated rings. The lowest BCUT2D eigenvalue weighted by atomic mass is 10.1. The minimum atomic E-state index is -3.50. The topological polar surface area (TPSA) is 126 Å². The number of nitrogens with one attached hydrogen (secondary N) is 3. The third kappa shape index (κ3) is 6.28. The molecule has 0 aliphatic carbocycles. The summed E-state index contributed by atoms with van der Waals surface area (Å²) in [6.45, 7) is 3.36. The summed E-state index contributed by atoms with van der Waals surface area (Å²) >= 11 is 0. The monoisotopic (exact) mass is 403 g/mol. The van der Waals surface area contributed by atoms with E-state index in [-0.39, 0.29) is 35.9 Å². The molecule has 9 nitrogen and oxygen atoms in total. The second kappa shape index (κ2) is 8.97. The number of likely N-dealkylation sites (N-methyl/N-ethyl adjacent to an activating group) is 1. The molecule has 0 bridgehead atoms. The average molecular weight is 404 g/mol. The Kier molecular flexibility index (Phi) is 7.54. The van der Waals surface area contributed by atoms with Crippen molar-refractivity contribution in [3.63, 3.8) is 0 Å². The zero-order valence-corrected chi connectivity index (χ0v) is 16.5. The number of hydrogen-bond donors (Lipinski definition) is 3. The fourth-order valence-corrected chi connectivity index (χ4v) is 2.69. The van der Waals surface area contributed by atoms with Gasteiger partial charge in [-0.15, -0.1) is 12.4 Å². The van der Waals surface area contributed by atoms with Gasteiger partial charge in [0.1, 0.15) is 0 Å². The summed E-state index contributed by atoms with van der Waals surface area (Å²) in [5.41, 5.74) is 1.16. The molecule has 1 heterocycles. The minimum Gasteiger partial charge on any atom is -0.334 e. The molecule has 2 rings (SSSR count). The summed E-state index contributed by atoms with van der Waals surface area (Å²) in [6, 6.07) is 4.85.